The topological polar surface area (TPSA) is 382 Å². The summed E-state index contributed by atoms with van der Waals surface area (Å²) >= 11 is 25.2. The third kappa shape index (κ3) is 49.5. The summed E-state index contributed by atoms with van der Waals surface area (Å²) in [5.74, 6) is 5.07. The van der Waals surface area contributed by atoms with Crippen molar-refractivity contribution in [3.63, 3.8) is 0 Å². The molecule has 0 saturated heterocycles. The van der Waals surface area contributed by atoms with Crippen LogP contribution in [0.4, 0.5) is 0 Å². The Morgan fingerprint density at radius 1 is 0.378 bits per heavy atom. The second-order valence-corrected chi connectivity index (χ2v) is 49.5. The summed E-state index contributed by atoms with van der Waals surface area (Å²) < 4.78 is 10.0. The molecule has 10 rings (SSSR count). The summed E-state index contributed by atoms with van der Waals surface area (Å²) in [5, 5.41) is 99.3. The first-order chi connectivity index (χ1) is 70.7. The maximum absolute atomic E-state index is 12.4. The van der Waals surface area contributed by atoms with Gasteiger partial charge in [-0.15, -0.1) is 0 Å². The van der Waals surface area contributed by atoms with Gasteiger partial charge in [-0.05, 0) is 0 Å². The number of hydrogen-bond donors (Lipinski definition) is 10. The van der Waals surface area contributed by atoms with Crippen molar-refractivity contribution in [1.29, 1.82) is 0 Å². The number of halogens is 4. The molecule has 5 aromatic rings. The van der Waals surface area contributed by atoms with Gasteiger partial charge in [0.2, 0.25) is 0 Å². The van der Waals surface area contributed by atoms with E-state index in [1.165, 1.54) is 73.7 Å². The first kappa shape index (κ1) is 130. The third-order valence-corrected chi connectivity index (χ3v) is 38.0. The number of carboxylic acids is 5. The molecule has 5 saturated carbocycles. The van der Waals surface area contributed by atoms with Gasteiger partial charge in [-0.25, -0.2) is 0 Å². The Morgan fingerprint density at radius 3 is 1.07 bits per heavy atom. The van der Waals surface area contributed by atoms with Gasteiger partial charge in [0.15, 0.2) is 0 Å². The zero-order valence-corrected chi connectivity index (χ0v) is 96.4. The van der Waals surface area contributed by atoms with Crippen molar-refractivity contribution in [3.8, 4) is 0 Å². The number of aliphatic hydroxyl groups excluding tert-OH is 5. The summed E-state index contributed by atoms with van der Waals surface area (Å²) in [5.41, 5.74) is 0. The number of aliphatic carboxylic acids is 5. The fourth-order valence-corrected chi connectivity index (χ4v) is 27.3. The second-order valence-electron chi connectivity index (χ2n) is 37.5. The fourth-order valence-electron chi connectivity index (χ4n) is 18.4. The zero-order chi connectivity index (χ0) is 109. The number of aryl methyl sites for hydroxylation is 9. The third-order valence-electron chi connectivity index (χ3n) is 26.4. The van der Waals surface area contributed by atoms with Crippen LogP contribution < -0.4 is 0 Å². The van der Waals surface area contributed by atoms with Gasteiger partial charge < -0.3 is 0 Å². The van der Waals surface area contributed by atoms with E-state index < -0.39 is 66.5 Å². The molecule has 20 atom stereocenters. The molecule has 37 heteroatoms. The number of aliphatic hydroxyl groups is 5. The monoisotopic (exact) mass is 2400 g/mol. The molecule has 0 aliphatic heterocycles. The second kappa shape index (κ2) is 72.3. The number of carboxylic acid groups (broad SMARTS) is 5. The summed E-state index contributed by atoms with van der Waals surface area (Å²) in [7, 11) is 28.9. The Kier molecular flexibility index (Phi) is 63.5. The van der Waals surface area contributed by atoms with Crippen molar-refractivity contribution >= 4 is 270 Å². The van der Waals surface area contributed by atoms with Crippen LogP contribution in [0, 0.1) is 105 Å². The average molecular weight is 2410 g/mol. The number of hydrogen-bond acceptors (Lipinski definition) is 23. The van der Waals surface area contributed by atoms with Crippen LogP contribution in [0.25, 0.3) is 0 Å². The van der Waals surface area contributed by atoms with E-state index in [4.69, 9.17) is 67.7 Å². The van der Waals surface area contributed by atoms with Crippen molar-refractivity contribution < 1.29 is 104 Å². The van der Waals surface area contributed by atoms with Crippen molar-refractivity contribution in [1.82, 2.24) is 0 Å². The van der Waals surface area contributed by atoms with Crippen molar-refractivity contribution in [3.05, 3.63) is 225 Å². The molecular weight excluding hydrogens is 2270 g/mol. The summed E-state index contributed by atoms with van der Waals surface area (Å²) in [6, 6.07) is 12.4. The SMILES string of the molecule is [B]=C[C@@H]1CC(O)[C@H](C/C=C\CCCC(=O)O)[C@H]1/C=C/C(=O)CCc1cc(Br)cs1.[B]=C[C@@H]1CC(O)[C@H](C/C=C\CCCC(=O)O)[C@H]1/C=C/C(=O)CCc1ccc(C)s1.[B]=C[C@@H]1CC(O)[C@H](C/C=C\CSCC(=O)O)[C@H]1/C=C/C(=O)CCc1cc(Br)c(C)s1.[B]=C[C@@H]1CC(O)[C@H](O/C=C\CCCC(=O)O)[C@H]1/C=C/C(=O)CCc1cc(Br)c(C)s1.[B]=C[C@@H]1CC(O)[C@H](S/C=C\CCCC(=O)O)[C@H]1/C=C/C(=O)CCc1cc(Br)c(C)s1. The molecule has 10 N–H and O–H groups in total. The van der Waals surface area contributed by atoms with Gasteiger partial charge in [-0.1, -0.05) is 0 Å². The molecule has 5 unspecified atom stereocenters. The van der Waals surface area contributed by atoms with Crippen molar-refractivity contribution in [2.45, 2.75) is 262 Å². The molecule has 793 valence electrons. The quantitative estimate of drug-likeness (QED) is 0.00568. The standard InChI is InChI=1S/C23H30BO4S.C22H27BBrO5S.2C22H27BBrO4S2.C22H27BBrO4S/c1-16-8-11-19(29-16)12-9-18(25)10-13-20-17(15-24)14-22(26)21(20)6-4-2-3-5-7-23(27)28;1-14-19(24)12-17(30-14)8-6-16(25)7-9-18-15(13-23)11-20(26)22(18)29-10-4-2-3-5-21(27)28;1-14-20(24)11-17(30-14)7-5-16(25)6-8-18-15(12-23)10-21(26)19(18)4-2-3-9-29-13-22(27)28;1-14-19(24)12-17(30-14)8-6-16(25)7-9-18-15(13-23)11-20(26)22(18)29-10-4-2-3-5-21(27)28;23-13-15-11-21(26)20(5-3-1-2-4-6-22(27)28)19(15)10-8-17(25)7-9-18-12-16(24)14-29-18/h2,4,8,10-11,13,15,17,20-22,26H,3,5-7,9,12,14H2,1H3,(H,27,28);4,7,9-10,12-13,15,18,20,22,26H,2-3,5-6,8,11H2,1H3,(H,27,28);2-3,6,8,11-12,15,18-19,21,26H,4-5,7,9-10,13H2,1H3,(H,27,28);4,7,9-10,12-13,15,18,20,22,26H,2-3,5-6,8,11H2,1H3,(H,27,28);1,3,8,10,12-15,19-21,26H,2,4-7,9,11H2,(H,27,28)/b4-2-,13-10+;9-7+,10-4-;3-2-,8-6+;9-7+,10-4-;3-1-,10-8+/t17-,20-,21+,22?;15-,18-,20?,22+;15-,18-,19+,21?;15-,18-,20?,22+;15-,19-,20+,21?/m00000/s1. The van der Waals surface area contributed by atoms with Gasteiger partial charge in [0.05, 0.1) is 0 Å². The van der Waals surface area contributed by atoms with Gasteiger partial charge in [0, 0.05) is 0 Å². The molecule has 148 heavy (non-hydrogen) atoms. The van der Waals surface area contributed by atoms with Crippen LogP contribution in [0.15, 0.2) is 181 Å². The van der Waals surface area contributed by atoms with E-state index in [9.17, 15) is 73.5 Å². The van der Waals surface area contributed by atoms with Crippen LogP contribution in [0.3, 0.4) is 0 Å². The minimum absolute atomic E-state index is 0.00419. The first-order valence-corrected chi connectivity index (χ1v) is 59.6. The molecule has 0 amide bonds. The van der Waals surface area contributed by atoms with E-state index in [1.54, 1.807) is 129 Å². The number of ether oxygens (including phenoxy) is 1. The predicted octanol–water partition coefficient (Wildman–Crippen LogP) is 21.2. The molecule has 5 aliphatic rings. The van der Waals surface area contributed by atoms with Crippen molar-refractivity contribution in [2.75, 3.05) is 11.5 Å². The number of thioether (sulfide) groups is 2. The molecule has 5 aliphatic carbocycles. The Balaban J connectivity index is 0.000000282. The van der Waals surface area contributed by atoms with Crippen LogP contribution in [-0.2, 0) is 84.8 Å². The minimum atomic E-state index is -0.825. The molecule has 21 nitrogen and oxygen atoms in total. The number of allylic oxidation sites excluding steroid dienone is 16. The first-order valence-electron chi connectivity index (χ1n) is 50.2. The molecule has 0 bridgehead atoms. The van der Waals surface area contributed by atoms with E-state index in [0.29, 0.717) is 147 Å². The van der Waals surface area contributed by atoms with Crippen LogP contribution in [0.2, 0.25) is 0 Å². The van der Waals surface area contributed by atoms with Gasteiger partial charge in [-0.3, -0.25) is 0 Å². The van der Waals surface area contributed by atoms with Crippen LogP contribution in [0.5, 0.6) is 0 Å². The van der Waals surface area contributed by atoms with Crippen LogP contribution >= 0.6 is 144 Å². The number of carbonyl (C=O) groups is 10. The number of rotatable bonds is 60. The molecule has 0 aromatic carbocycles. The maximum atomic E-state index is 12.4. The Hall–Kier alpha value is -6.51. The Morgan fingerprint density at radius 2 is 0.716 bits per heavy atom. The molecular formula is C111H138B5Br4O21S7. The molecule has 5 heterocycles. The zero-order valence-electron chi connectivity index (χ0n) is 84.4. The Bertz CT molecular complexity index is 4930. The normalized spacial score (nSPS) is 24.2. The number of thiophene rings is 5. The van der Waals surface area contributed by atoms with Gasteiger partial charge in [0.25, 0.3) is 0 Å². The average Bonchev–Trinajstić information content (AvgIpc) is 1.71. The molecule has 5 aromatic heterocycles. The number of ketones is 5. The van der Waals surface area contributed by atoms with Crippen molar-refractivity contribution in [2.24, 2.45) is 76.9 Å². The van der Waals surface area contributed by atoms with Crippen LogP contribution in [0.1, 0.15) is 204 Å². The number of unbranched alkanes of at least 4 members (excludes halogenated alkanes) is 4. The Labute approximate surface area is 940 Å². The number of carbonyl (C=O) groups excluding carboxylic acids is 5. The predicted molar refractivity (Wildman–Crippen MR) is 628 cm³/mol. The summed E-state index contributed by atoms with van der Waals surface area (Å²) in [6.45, 7) is 8.20. The summed E-state index contributed by atoms with van der Waals surface area (Å²) in [4.78, 5) is 125. The van der Waals surface area contributed by atoms with E-state index >= 15 is 0 Å². The van der Waals surface area contributed by atoms with Gasteiger partial charge in [0.1, 0.15) is 0 Å². The fraction of sp³-hybridized carbons (Fsp3) is 0.505. The van der Waals surface area contributed by atoms with Gasteiger partial charge >= 0.3 is 949 Å². The van der Waals surface area contributed by atoms with Crippen LogP contribution in [-0.4, -0.2) is 230 Å². The molecule has 5 radical (unpaired) electrons. The van der Waals surface area contributed by atoms with Gasteiger partial charge in [-0.2, -0.15) is 0 Å². The van der Waals surface area contributed by atoms with E-state index in [0.717, 1.165) is 43.6 Å². The van der Waals surface area contributed by atoms with E-state index in [-0.39, 0.29) is 143 Å². The summed E-state index contributed by atoms with van der Waals surface area (Å²) in [6.07, 6.45) is 48.0. The molecule has 5 fully saturated rings. The molecule has 0 spiro atoms. The van der Waals surface area contributed by atoms with E-state index in [1.807, 2.05) is 104 Å². The van der Waals surface area contributed by atoms with E-state index in [2.05, 4.69) is 101 Å².